The number of aliphatic hydroxyl groups excluding tert-OH is 2. The van der Waals surface area contributed by atoms with Crippen LogP contribution in [0.5, 0.6) is 0 Å². The Morgan fingerprint density at radius 2 is 1.72 bits per heavy atom. The van der Waals surface area contributed by atoms with Gasteiger partial charge < -0.3 is 50.6 Å². The van der Waals surface area contributed by atoms with Crippen molar-refractivity contribution >= 4 is 0 Å². The van der Waals surface area contributed by atoms with Gasteiger partial charge in [-0.15, -0.1) is 0 Å². The molecule has 3 fully saturated rings. The summed E-state index contributed by atoms with van der Waals surface area (Å²) in [5.41, 5.74) is -0.961. The second-order valence-corrected chi connectivity index (χ2v) is 8.85. The summed E-state index contributed by atoms with van der Waals surface area (Å²) in [6, 6.07) is -1.36. The minimum absolute atomic E-state index is 0.0300. The van der Waals surface area contributed by atoms with Gasteiger partial charge in [0.2, 0.25) is 12.1 Å². The van der Waals surface area contributed by atoms with Gasteiger partial charge in [-0.2, -0.15) is 0 Å². The Bertz CT molecular complexity index is 778. The number of fused-ring (bicyclic) bond motifs is 2. The normalized spacial score (nSPS) is 46.3. The SMILES string of the molecule is CN[C@@H]1[C@H](O)[C@H](NC)[C@H]2O[C@]3(O)[C@H](OC2[C@H]1O)O[C@H](C)C[C@@]3(O)CNCc1cncnc1. The highest BCUT2D eigenvalue weighted by Crippen LogP contribution is 2.46. The fourth-order valence-corrected chi connectivity index (χ4v) is 5.06. The largest absolute Gasteiger partial charge is 0.390 e. The molecule has 0 bridgehead atoms. The molecule has 12 heteroatoms. The van der Waals surface area contributed by atoms with E-state index >= 15 is 0 Å². The van der Waals surface area contributed by atoms with Gasteiger partial charge in [0.05, 0.1) is 24.3 Å². The van der Waals surface area contributed by atoms with Crippen molar-refractivity contribution in [1.29, 1.82) is 0 Å². The van der Waals surface area contributed by atoms with Gasteiger partial charge >= 0.3 is 0 Å². The van der Waals surface area contributed by atoms with Crippen molar-refractivity contribution in [2.75, 3.05) is 20.6 Å². The van der Waals surface area contributed by atoms with E-state index in [9.17, 15) is 20.4 Å². The topological polar surface area (TPSA) is 170 Å². The first-order valence-corrected chi connectivity index (χ1v) is 10.8. The lowest BCUT2D eigenvalue weighted by Crippen LogP contribution is -2.81. The third-order valence-electron chi connectivity index (χ3n) is 6.71. The zero-order valence-corrected chi connectivity index (χ0v) is 18.4. The van der Waals surface area contributed by atoms with Crippen LogP contribution in [-0.2, 0) is 20.8 Å². The number of rotatable bonds is 6. The van der Waals surface area contributed by atoms with Crippen LogP contribution in [0.4, 0.5) is 0 Å². The van der Waals surface area contributed by atoms with Crippen LogP contribution in [0, 0.1) is 0 Å². The fraction of sp³-hybridized carbons (Fsp3) is 0.800. The van der Waals surface area contributed by atoms with E-state index in [1.165, 1.54) is 6.33 Å². The zero-order chi connectivity index (χ0) is 23.1. The molecule has 0 spiro atoms. The maximum atomic E-state index is 11.6. The molecule has 7 N–H and O–H groups in total. The summed E-state index contributed by atoms with van der Waals surface area (Å²) >= 11 is 0. The first-order valence-electron chi connectivity index (χ1n) is 10.8. The lowest BCUT2D eigenvalue weighted by molar-refractivity contribution is -0.482. The highest BCUT2D eigenvalue weighted by Gasteiger charge is 2.68. The molecule has 0 amide bonds. The Hall–Kier alpha value is -1.32. The third kappa shape index (κ3) is 3.94. The number of hydrogen-bond donors (Lipinski definition) is 7. The molecule has 2 saturated heterocycles. The van der Waals surface area contributed by atoms with Gasteiger partial charge in [0.1, 0.15) is 30.2 Å². The fourth-order valence-electron chi connectivity index (χ4n) is 5.06. The van der Waals surface area contributed by atoms with Gasteiger partial charge in [-0.1, -0.05) is 0 Å². The number of ether oxygens (including phenoxy) is 3. The lowest BCUT2D eigenvalue weighted by Gasteiger charge is -2.60. The van der Waals surface area contributed by atoms with Crippen LogP contribution in [0.3, 0.4) is 0 Å². The smallest absolute Gasteiger partial charge is 0.249 e. The Balaban J connectivity index is 1.57. The molecule has 10 atom stereocenters. The molecule has 2 aliphatic heterocycles. The molecule has 1 saturated carbocycles. The predicted octanol–water partition coefficient (Wildman–Crippen LogP) is -3.18. The van der Waals surface area contributed by atoms with E-state index in [4.69, 9.17) is 14.2 Å². The molecular weight excluding hydrogens is 422 g/mol. The van der Waals surface area contributed by atoms with Gasteiger partial charge in [-0.05, 0) is 21.0 Å². The van der Waals surface area contributed by atoms with Crippen molar-refractivity contribution in [3.05, 3.63) is 24.3 Å². The van der Waals surface area contributed by atoms with E-state index in [1.54, 1.807) is 33.4 Å². The number of aromatic nitrogens is 2. The first-order chi connectivity index (χ1) is 15.2. The summed E-state index contributed by atoms with van der Waals surface area (Å²) in [6.45, 7) is 2.10. The Morgan fingerprint density at radius 1 is 1.03 bits per heavy atom. The molecule has 1 aromatic heterocycles. The molecule has 180 valence electrons. The molecule has 1 aliphatic carbocycles. The summed E-state index contributed by atoms with van der Waals surface area (Å²) in [4.78, 5) is 7.92. The molecule has 1 aromatic rings. The molecule has 32 heavy (non-hydrogen) atoms. The average Bonchev–Trinajstić information content (AvgIpc) is 2.75. The van der Waals surface area contributed by atoms with E-state index in [0.29, 0.717) is 6.54 Å². The molecule has 0 aromatic carbocycles. The first kappa shape index (κ1) is 23.8. The van der Waals surface area contributed by atoms with Gasteiger partial charge in [-0.25, -0.2) is 9.97 Å². The molecule has 1 unspecified atom stereocenters. The minimum Gasteiger partial charge on any atom is -0.390 e. The van der Waals surface area contributed by atoms with Crippen LogP contribution in [-0.4, -0.2) is 111 Å². The van der Waals surface area contributed by atoms with Crippen molar-refractivity contribution in [1.82, 2.24) is 25.9 Å². The number of nitrogens with one attached hydrogen (secondary N) is 3. The van der Waals surface area contributed by atoms with Gasteiger partial charge in [0.15, 0.2) is 0 Å². The number of hydrogen-bond acceptors (Lipinski definition) is 12. The lowest BCUT2D eigenvalue weighted by atomic mass is 9.77. The molecule has 12 nitrogen and oxygen atoms in total. The van der Waals surface area contributed by atoms with Crippen LogP contribution >= 0.6 is 0 Å². The average molecular weight is 456 g/mol. The van der Waals surface area contributed by atoms with Crippen molar-refractivity contribution in [2.45, 2.75) is 80.2 Å². The van der Waals surface area contributed by atoms with Crippen molar-refractivity contribution < 1.29 is 34.6 Å². The second-order valence-electron chi connectivity index (χ2n) is 8.85. The summed E-state index contributed by atoms with van der Waals surface area (Å²) in [5.74, 6) is -2.23. The van der Waals surface area contributed by atoms with Crippen LogP contribution < -0.4 is 16.0 Å². The van der Waals surface area contributed by atoms with Crippen molar-refractivity contribution in [3.63, 3.8) is 0 Å². The van der Waals surface area contributed by atoms with E-state index in [2.05, 4.69) is 25.9 Å². The van der Waals surface area contributed by atoms with E-state index in [0.717, 1.165) is 5.56 Å². The molecule has 0 radical (unpaired) electrons. The summed E-state index contributed by atoms with van der Waals surface area (Å²) in [7, 11) is 3.27. The highest BCUT2D eigenvalue weighted by atomic mass is 16.8. The Morgan fingerprint density at radius 3 is 2.38 bits per heavy atom. The monoisotopic (exact) mass is 455 g/mol. The maximum Gasteiger partial charge on any atom is 0.249 e. The second kappa shape index (κ2) is 9.14. The van der Waals surface area contributed by atoms with Gasteiger partial charge in [0.25, 0.3) is 0 Å². The Labute approximate surface area is 186 Å². The molecule has 3 heterocycles. The van der Waals surface area contributed by atoms with E-state index in [-0.39, 0.29) is 13.0 Å². The number of aliphatic hydroxyl groups is 4. The van der Waals surface area contributed by atoms with Crippen molar-refractivity contribution in [2.24, 2.45) is 0 Å². The maximum absolute atomic E-state index is 11.6. The van der Waals surface area contributed by atoms with Crippen molar-refractivity contribution in [3.8, 4) is 0 Å². The summed E-state index contributed by atoms with van der Waals surface area (Å²) < 4.78 is 17.9. The molecular formula is C20H33N5O7. The van der Waals surface area contributed by atoms with Crippen LogP contribution in [0.15, 0.2) is 18.7 Å². The summed E-state index contributed by atoms with van der Waals surface area (Å²) in [6.07, 6.45) is -0.968. The predicted molar refractivity (Wildman–Crippen MR) is 110 cm³/mol. The van der Waals surface area contributed by atoms with Crippen LogP contribution in [0.25, 0.3) is 0 Å². The standard InChI is InChI=1S/C20H33N5O7/c1-10-4-19(28,8-23-5-11-6-24-9-25-7-11)20(29)18(30-10)31-17-15(27)12(21-2)14(26)13(22-3)16(17)32-20/h6-7,9-10,12-18,21-23,26-29H,4-5,8H2,1-3H3/t10-,12-,13+,14+,15+,16-,17?,18+,19-,20-/m1/s1. The number of nitrogens with zero attached hydrogens (tertiary/aromatic N) is 2. The summed E-state index contributed by atoms with van der Waals surface area (Å²) in [5, 5.41) is 53.7. The van der Waals surface area contributed by atoms with Gasteiger partial charge in [-0.3, -0.25) is 0 Å². The third-order valence-corrected chi connectivity index (χ3v) is 6.71. The minimum atomic E-state index is -2.23. The number of likely N-dealkylation sites (N-methyl/N-ethyl adjacent to an activating group) is 2. The Kier molecular flexibility index (Phi) is 6.81. The van der Waals surface area contributed by atoms with E-state index < -0.39 is 60.3 Å². The van der Waals surface area contributed by atoms with Crippen LogP contribution in [0.1, 0.15) is 18.9 Å². The molecule has 4 rings (SSSR count). The van der Waals surface area contributed by atoms with Crippen LogP contribution in [0.2, 0.25) is 0 Å². The zero-order valence-electron chi connectivity index (χ0n) is 18.4. The van der Waals surface area contributed by atoms with Gasteiger partial charge in [0, 0.05) is 37.5 Å². The molecule has 3 aliphatic rings. The quantitative estimate of drug-likeness (QED) is 0.230. The highest BCUT2D eigenvalue weighted by molar-refractivity contribution is 5.12. The van der Waals surface area contributed by atoms with E-state index in [1.807, 2.05) is 0 Å².